The number of aryl methyl sites for hydroxylation is 1. The van der Waals surface area contributed by atoms with Gasteiger partial charge in [0.15, 0.2) is 0 Å². The van der Waals surface area contributed by atoms with E-state index in [1.807, 2.05) is 13.0 Å². The van der Waals surface area contributed by atoms with Gasteiger partial charge in [0.1, 0.15) is 0 Å². The molecule has 0 bridgehead atoms. The van der Waals surface area contributed by atoms with Crippen molar-refractivity contribution in [2.75, 3.05) is 6.54 Å². The van der Waals surface area contributed by atoms with E-state index < -0.39 is 10.0 Å². The van der Waals surface area contributed by atoms with Crippen molar-refractivity contribution in [3.63, 3.8) is 0 Å². The zero-order valence-electron chi connectivity index (χ0n) is 9.94. The molecule has 4 heteroatoms. The Morgan fingerprint density at radius 2 is 2.00 bits per heavy atom. The van der Waals surface area contributed by atoms with Crippen LogP contribution in [0.3, 0.4) is 0 Å². The Bertz CT molecular complexity index is 518. The van der Waals surface area contributed by atoms with Crippen LogP contribution in [-0.2, 0) is 16.4 Å². The lowest BCUT2D eigenvalue weighted by Crippen LogP contribution is -2.24. The zero-order valence-corrected chi connectivity index (χ0v) is 10.8. The SMILES string of the molecule is C=CCNS(=O)(=O)c1ccc(C)cc1CC=C. The molecule has 17 heavy (non-hydrogen) atoms. The van der Waals surface area contributed by atoms with E-state index in [2.05, 4.69) is 17.9 Å². The van der Waals surface area contributed by atoms with Gasteiger partial charge < -0.3 is 0 Å². The molecule has 0 aliphatic carbocycles. The fraction of sp³-hybridized carbons (Fsp3) is 0.231. The number of hydrogen-bond acceptors (Lipinski definition) is 2. The number of allylic oxidation sites excluding steroid dienone is 1. The summed E-state index contributed by atoms with van der Waals surface area (Å²) in [6.07, 6.45) is 3.74. The molecule has 0 unspecified atom stereocenters. The topological polar surface area (TPSA) is 46.2 Å². The maximum atomic E-state index is 12.0. The first kappa shape index (κ1) is 13.7. The molecule has 0 fully saturated rings. The molecule has 0 heterocycles. The maximum absolute atomic E-state index is 12.0. The van der Waals surface area contributed by atoms with Crippen LogP contribution in [0.15, 0.2) is 48.4 Å². The van der Waals surface area contributed by atoms with Crippen molar-refractivity contribution >= 4 is 10.0 Å². The van der Waals surface area contributed by atoms with Gasteiger partial charge >= 0.3 is 0 Å². The molecule has 0 aliphatic rings. The highest BCUT2D eigenvalue weighted by molar-refractivity contribution is 7.89. The summed E-state index contributed by atoms with van der Waals surface area (Å²) in [4.78, 5) is 0.310. The third-order valence-corrected chi connectivity index (χ3v) is 3.81. The van der Waals surface area contributed by atoms with Gasteiger partial charge in [0.05, 0.1) is 4.90 Å². The Kier molecular flexibility index (Phi) is 4.66. The van der Waals surface area contributed by atoms with Crippen LogP contribution in [0.1, 0.15) is 11.1 Å². The van der Waals surface area contributed by atoms with Crippen LogP contribution in [0.2, 0.25) is 0 Å². The normalized spacial score (nSPS) is 11.1. The fourth-order valence-corrected chi connectivity index (χ4v) is 2.76. The Morgan fingerprint density at radius 1 is 1.29 bits per heavy atom. The third kappa shape index (κ3) is 3.54. The number of rotatable bonds is 6. The summed E-state index contributed by atoms with van der Waals surface area (Å²) in [7, 11) is -3.46. The summed E-state index contributed by atoms with van der Waals surface area (Å²) in [5, 5.41) is 0. The average molecular weight is 251 g/mol. The Labute approximate surface area is 103 Å². The smallest absolute Gasteiger partial charge is 0.207 e. The summed E-state index contributed by atoms with van der Waals surface area (Å²) < 4.78 is 26.5. The van der Waals surface area contributed by atoms with E-state index in [1.165, 1.54) is 6.08 Å². The standard InChI is InChI=1S/C13H17NO2S/c1-4-6-12-10-11(3)7-8-13(12)17(15,16)14-9-5-2/h4-5,7-8,10,14H,1-2,6,9H2,3H3. The van der Waals surface area contributed by atoms with Crippen LogP contribution < -0.4 is 4.72 Å². The second-order valence-corrected chi connectivity index (χ2v) is 5.48. The van der Waals surface area contributed by atoms with E-state index in [-0.39, 0.29) is 6.54 Å². The van der Waals surface area contributed by atoms with Gasteiger partial charge in [0, 0.05) is 6.54 Å². The van der Waals surface area contributed by atoms with Gasteiger partial charge in [0.2, 0.25) is 10.0 Å². The molecule has 1 aromatic carbocycles. The predicted octanol–water partition coefficient (Wildman–Crippen LogP) is 2.19. The lowest BCUT2D eigenvalue weighted by Gasteiger charge is -2.10. The molecule has 1 N–H and O–H groups in total. The average Bonchev–Trinajstić information content (AvgIpc) is 2.27. The van der Waals surface area contributed by atoms with Gasteiger partial charge in [-0.1, -0.05) is 29.8 Å². The van der Waals surface area contributed by atoms with E-state index in [0.717, 1.165) is 11.1 Å². The van der Waals surface area contributed by atoms with E-state index >= 15 is 0 Å². The number of benzene rings is 1. The van der Waals surface area contributed by atoms with E-state index in [1.54, 1.807) is 18.2 Å². The quantitative estimate of drug-likeness (QED) is 0.788. The molecule has 1 rings (SSSR count). The van der Waals surface area contributed by atoms with Crippen molar-refractivity contribution in [3.8, 4) is 0 Å². The van der Waals surface area contributed by atoms with Crippen LogP contribution in [0.5, 0.6) is 0 Å². The zero-order chi connectivity index (χ0) is 12.9. The highest BCUT2D eigenvalue weighted by Crippen LogP contribution is 2.18. The van der Waals surface area contributed by atoms with Crippen LogP contribution in [0.4, 0.5) is 0 Å². The van der Waals surface area contributed by atoms with Crippen molar-refractivity contribution in [3.05, 3.63) is 54.6 Å². The molecular weight excluding hydrogens is 234 g/mol. The van der Waals surface area contributed by atoms with Gasteiger partial charge in [-0.2, -0.15) is 0 Å². The van der Waals surface area contributed by atoms with Crippen LogP contribution in [-0.4, -0.2) is 15.0 Å². The number of sulfonamides is 1. The Balaban J connectivity index is 3.20. The molecular formula is C13H17NO2S. The highest BCUT2D eigenvalue weighted by Gasteiger charge is 2.16. The lowest BCUT2D eigenvalue weighted by molar-refractivity contribution is 0.584. The van der Waals surface area contributed by atoms with Crippen LogP contribution in [0, 0.1) is 6.92 Å². The monoisotopic (exact) mass is 251 g/mol. The molecule has 0 aliphatic heterocycles. The third-order valence-electron chi connectivity index (χ3n) is 2.29. The molecule has 0 spiro atoms. The fourth-order valence-electron chi connectivity index (χ4n) is 1.53. The summed E-state index contributed by atoms with van der Waals surface area (Å²) >= 11 is 0. The van der Waals surface area contributed by atoms with Crippen LogP contribution in [0.25, 0.3) is 0 Å². The maximum Gasteiger partial charge on any atom is 0.241 e. The first-order valence-corrected chi connectivity index (χ1v) is 6.80. The lowest BCUT2D eigenvalue weighted by atomic mass is 10.1. The summed E-state index contributed by atoms with van der Waals surface area (Å²) in [5.74, 6) is 0. The Hall–Kier alpha value is -1.39. The molecule has 1 aromatic rings. The molecule has 0 saturated carbocycles. The largest absolute Gasteiger partial charge is 0.241 e. The summed E-state index contributed by atoms with van der Waals surface area (Å²) in [6.45, 7) is 9.28. The van der Waals surface area contributed by atoms with Gasteiger partial charge in [0.25, 0.3) is 0 Å². The van der Waals surface area contributed by atoms with Crippen molar-refractivity contribution in [1.82, 2.24) is 4.72 Å². The number of hydrogen-bond donors (Lipinski definition) is 1. The van der Waals surface area contributed by atoms with Crippen molar-refractivity contribution in [2.45, 2.75) is 18.2 Å². The molecule has 3 nitrogen and oxygen atoms in total. The second-order valence-electron chi connectivity index (χ2n) is 3.74. The Morgan fingerprint density at radius 3 is 2.59 bits per heavy atom. The van der Waals surface area contributed by atoms with Crippen LogP contribution >= 0.6 is 0 Å². The van der Waals surface area contributed by atoms with E-state index in [4.69, 9.17) is 0 Å². The highest BCUT2D eigenvalue weighted by atomic mass is 32.2. The summed E-state index contributed by atoms with van der Waals surface area (Å²) in [5.41, 5.74) is 1.79. The minimum absolute atomic E-state index is 0.226. The van der Waals surface area contributed by atoms with E-state index in [0.29, 0.717) is 11.3 Å². The molecule has 0 saturated heterocycles. The summed E-state index contributed by atoms with van der Waals surface area (Å²) in [6, 6.07) is 5.28. The van der Waals surface area contributed by atoms with Crippen molar-refractivity contribution < 1.29 is 8.42 Å². The second kappa shape index (κ2) is 5.80. The molecule has 0 radical (unpaired) electrons. The number of nitrogens with one attached hydrogen (secondary N) is 1. The molecule has 0 amide bonds. The van der Waals surface area contributed by atoms with E-state index in [9.17, 15) is 8.42 Å². The predicted molar refractivity (Wildman–Crippen MR) is 70.5 cm³/mol. The minimum Gasteiger partial charge on any atom is -0.207 e. The molecule has 92 valence electrons. The minimum atomic E-state index is -3.46. The molecule has 0 atom stereocenters. The van der Waals surface area contributed by atoms with Gasteiger partial charge in [-0.3, -0.25) is 0 Å². The first-order valence-electron chi connectivity index (χ1n) is 5.32. The molecule has 0 aromatic heterocycles. The van der Waals surface area contributed by atoms with Gasteiger partial charge in [-0.15, -0.1) is 13.2 Å². The van der Waals surface area contributed by atoms with Crippen molar-refractivity contribution in [1.29, 1.82) is 0 Å². The van der Waals surface area contributed by atoms with Gasteiger partial charge in [-0.05, 0) is 25.0 Å². The van der Waals surface area contributed by atoms with Gasteiger partial charge in [-0.25, -0.2) is 13.1 Å². The first-order chi connectivity index (χ1) is 8.01. The van der Waals surface area contributed by atoms with Crippen molar-refractivity contribution in [2.24, 2.45) is 0 Å².